The summed E-state index contributed by atoms with van der Waals surface area (Å²) in [7, 11) is 1.64. The maximum Gasteiger partial charge on any atom is 0.293 e. The highest BCUT2D eigenvalue weighted by molar-refractivity contribution is 5.96. The molecule has 0 aromatic heterocycles. The number of hydrogen-bond acceptors (Lipinski definition) is 6. The fourth-order valence-corrected chi connectivity index (χ4v) is 4.19. The Morgan fingerprint density at radius 1 is 0.967 bits per heavy atom. The Morgan fingerprint density at radius 3 is 2.37 bits per heavy atom. The number of amides is 1. The molecule has 2 aliphatic heterocycles. The Balaban J connectivity index is 1.46. The maximum absolute atomic E-state index is 13.0. The zero-order valence-electron chi connectivity index (χ0n) is 17.1. The lowest BCUT2D eigenvalue weighted by Crippen LogP contribution is -2.48. The Morgan fingerprint density at radius 2 is 1.70 bits per heavy atom. The van der Waals surface area contributed by atoms with Crippen LogP contribution in [0.4, 0.5) is 17.1 Å². The van der Waals surface area contributed by atoms with E-state index in [1.54, 1.807) is 24.1 Å². The fourth-order valence-electron chi connectivity index (χ4n) is 4.19. The minimum Gasteiger partial charge on any atom is -0.497 e. The van der Waals surface area contributed by atoms with Gasteiger partial charge in [-0.05, 0) is 37.1 Å². The number of ether oxygens (including phenoxy) is 1. The number of nitro groups is 1. The zero-order chi connectivity index (χ0) is 21.1. The number of piperazine rings is 1. The van der Waals surface area contributed by atoms with Crippen LogP contribution in [0.15, 0.2) is 42.5 Å². The first kappa shape index (κ1) is 20.0. The molecule has 0 aliphatic carbocycles. The van der Waals surface area contributed by atoms with Crippen LogP contribution in [-0.2, 0) is 0 Å². The predicted molar refractivity (Wildman–Crippen MR) is 116 cm³/mol. The average molecular weight is 410 g/mol. The summed E-state index contributed by atoms with van der Waals surface area (Å²) >= 11 is 0. The molecule has 0 unspecified atom stereocenters. The number of carbonyl (C=O) groups excluding carboxylic acids is 1. The molecule has 0 N–H and O–H groups in total. The van der Waals surface area contributed by atoms with Crippen molar-refractivity contribution in [3.05, 3.63) is 58.1 Å². The van der Waals surface area contributed by atoms with Crippen LogP contribution < -0.4 is 14.5 Å². The second-order valence-corrected chi connectivity index (χ2v) is 7.64. The highest BCUT2D eigenvalue weighted by atomic mass is 16.6. The Kier molecular flexibility index (Phi) is 5.74. The molecule has 2 saturated heterocycles. The van der Waals surface area contributed by atoms with Gasteiger partial charge in [0.05, 0.1) is 12.0 Å². The molecule has 2 aliphatic rings. The number of rotatable bonds is 5. The topological polar surface area (TPSA) is 79.2 Å². The molecule has 2 aromatic carbocycles. The molecule has 0 saturated carbocycles. The van der Waals surface area contributed by atoms with Crippen LogP contribution >= 0.6 is 0 Å². The van der Waals surface area contributed by atoms with E-state index in [0.29, 0.717) is 37.4 Å². The van der Waals surface area contributed by atoms with E-state index >= 15 is 0 Å². The second-order valence-electron chi connectivity index (χ2n) is 7.64. The lowest BCUT2D eigenvalue weighted by atomic mass is 10.1. The van der Waals surface area contributed by atoms with Gasteiger partial charge in [0, 0.05) is 62.7 Å². The summed E-state index contributed by atoms with van der Waals surface area (Å²) in [6, 6.07) is 12.7. The summed E-state index contributed by atoms with van der Waals surface area (Å²) in [5.74, 6) is 0.646. The van der Waals surface area contributed by atoms with Gasteiger partial charge < -0.3 is 19.4 Å². The van der Waals surface area contributed by atoms with Gasteiger partial charge in [-0.2, -0.15) is 0 Å². The molecule has 2 heterocycles. The van der Waals surface area contributed by atoms with Crippen LogP contribution in [0.1, 0.15) is 23.2 Å². The van der Waals surface area contributed by atoms with Gasteiger partial charge in [0.1, 0.15) is 11.4 Å². The van der Waals surface area contributed by atoms with Gasteiger partial charge in [0.25, 0.3) is 11.6 Å². The van der Waals surface area contributed by atoms with E-state index in [1.807, 2.05) is 29.2 Å². The van der Waals surface area contributed by atoms with Crippen LogP contribution in [0.5, 0.6) is 5.75 Å². The standard InChI is InChI=1S/C22H26N4O4/c1-30-19-6-4-5-18(16-19)23-11-13-25(14-12-23)22(27)17-7-8-20(21(15-17)26(28)29)24-9-2-3-10-24/h4-8,15-16H,2-3,9-14H2,1H3. The number of anilines is 2. The molecule has 0 bridgehead atoms. The molecule has 1 amide bonds. The fraction of sp³-hybridized carbons (Fsp3) is 0.409. The number of carbonyl (C=O) groups is 1. The van der Waals surface area contributed by atoms with Gasteiger partial charge in [0.2, 0.25) is 0 Å². The zero-order valence-corrected chi connectivity index (χ0v) is 17.1. The lowest BCUT2D eigenvalue weighted by molar-refractivity contribution is -0.384. The lowest BCUT2D eigenvalue weighted by Gasteiger charge is -2.36. The molecular formula is C22H26N4O4. The van der Waals surface area contributed by atoms with E-state index < -0.39 is 0 Å². The number of nitro benzene ring substituents is 1. The molecule has 0 atom stereocenters. The molecular weight excluding hydrogens is 384 g/mol. The molecule has 8 nitrogen and oxygen atoms in total. The molecule has 0 spiro atoms. The number of nitrogens with zero attached hydrogens (tertiary/aromatic N) is 4. The van der Waals surface area contributed by atoms with Crippen molar-refractivity contribution in [1.82, 2.24) is 4.90 Å². The summed E-state index contributed by atoms with van der Waals surface area (Å²) < 4.78 is 5.29. The first-order valence-corrected chi connectivity index (χ1v) is 10.3. The SMILES string of the molecule is COc1cccc(N2CCN(C(=O)c3ccc(N4CCCC4)c([N+](=O)[O-])c3)CC2)c1. The normalized spacial score (nSPS) is 16.6. The van der Waals surface area contributed by atoms with E-state index in [4.69, 9.17) is 4.74 Å². The summed E-state index contributed by atoms with van der Waals surface area (Å²) in [5, 5.41) is 11.6. The average Bonchev–Trinajstić information content (AvgIpc) is 3.33. The highest BCUT2D eigenvalue weighted by Gasteiger charge is 2.27. The Bertz CT molecular complexity index is 934. The third kappa shape index (κ3) is 4.03. The summed E-state index contributed by atoms with van der Waals surface area (Å²) in [6.07, 6.45) is 2.07. The minimum atomic E-state index is -0.384. The monoisotopic (exact) mass is 410 g/mol. The van der Waals surface area contributed by atoms with Crippen molar-refractivity contribution in [2.75, 3.05) is 56.2 Å². The van der Waals surface area contributed by atoms with Crippen molar-refractivity contribution in [3.8, 4) is 5.75 Å². The van der Waals surface area contributed by atoms with E-state index in [2.05, 4.69) is 4.90 Å². The second kappa shape index (κ2) is 8.61. The van der Waals surface area contributed by atoms with Gasteiger partial charge in [0.15, 0.2) is 0 Å². The van der Waals surface area contributed by atoms with Crippen LogP contribution in [0.25, 0.3) is 0 Å². The largest absolute Gasteiger partial charge is 0.497 e. The molecule has 0 radical (unpaired) electrons. The van der Waals surface area contributed by atoms with Gasteiger partial charge in [-0.1, -0.05) is 6.07 Å². The van der Waals surface area contributed by atoms with Crippen molar-refractivity contribution in [1.29, 1.82) is 0 Å². The molecule has 2 fully saturated rings. The summed E-state index contributed by atoms with van der Waals surface area (Å²) in [6.45, 7) is 4.18. The number of methoxy groups -OCH3 is 1. The van der Waals surface area contributed by atoms with Crippen LogP contribution in [0.3, 0.4) is 0 Å². The van der Waals surface area contributed by atoms with Crippen LogP contribution in [0, 0.1) is 10.1 Å². The first-order valence-electron chi connectivity index (χ1n) is 10.3. The van der Waals surface area contributed by atoms with Crippen molar-refractivity contribution in [2.24, 2.45) is 0 Å². The third-order valence-corrected chi connectivity index (χ3v) is 5.85. The molecule has 2 aromatic rings. The van der Waals surface area contributed by atoms with Gasteiger partial charge in [-0.15, -0.1) is 0 Å². The summed E-state index contributed by atoms with van der Waals surface area (Å²) in [4.78, 5) is 30.2. The van der Waals surface area contributed by atoms with E-state index in [1.165, 1.54) is 6.07 Å². The molecule has 4 rings (SSSR count). The smallest absolute Gasteiger partial charge is 0.293 e. The van der Waals surface area contributed by atoms with Gasteiger partial charge in [-0.25, -0.2) is 0 Å². The quantitative estimate of drug-likeness (QED) is 0.557. The highest BCUT2D eigenvalue weighted by Crippen LogP contribution is 2.32. The third-order valence-electron chi connectivity index (χ3n) is 5.85. The number of hydrogen-bond donors (Lipinski definition) is 0. The van der Waals surface area contributed by atoms with E-state index in [9.17, 15) is 14.9 Å². The van der Waals surface area contributed by atoms with E-state index in [-0.39, 0.29) is 16.5 Å². The predicted octanol–water partition coefficient (Wildman–Crippen LogP) is 3.17. The van der Waals surface area contributed by atoms with Crippen LogP contribution in [-0.4, -0.2) is 62.1 Å². The van der Waals surface area contributed by atoms with Crippen molar-refractivity contribution in [3.63, 3.8) is 0 Å². The molecule has 8 heteroatoms. The van der Waals surface area contributed by atoms with Gasteiger partial charge in [-0.3, -0.25) is 14.9 Å². The minimum absolute atomic E-state index is 0.0118. The first-order chi connectivity index (χ1) is 14.6. The summed E-state index contributed by atoms with van der Waals surface area (Å²) in [5.41, 5.74) is 2.06. The molecule has 30 heavy (non-hydrogen) atoms. The van der Waals surface area contributed by atoms with Crippen molar-refractivity contribution in [2.45, 2.75) is 12.8 Å². The Hall–Kier alpha value is -3.29. The Labute approximate surface area is 175 Å². The van der Waals surface area contributed by atoms with Crippen molar-refractivity contribution >= 4 is 23.0 Å². The molecule has 158 valence electrons. The van der Waals surface area contributed by atoms with E-state index in [0.717, 1.165) is 37.4 Å². The number of benzene rings is 2. The van der Waals surface area contributed by atoms with Crippen LogP contribution in [0.2, 0.25) is 0 Å². The van der Waals surface area contributed by atoms with Gasteiger partial charge >= 0.3 is 0 Å². The van der Waals surface area contributed by atoms with Crippen molar-refractivity contribution < 1.29 is 14.5 Å². The maximum atomic E-state index is 13.0.